The van der Waals surface area contributed by atoms with Gasteiger partial charge in [-0.3, -0.25) is 14.4 Å². The topological polar surface area (TPSA) is 111 Å². The van der Waals surface area contributed by atoms with Gasteiger partial charge in [-0.1, -0.05) is 58.3 Å². The van der Waals surface area contributed by atoms with Crippen molar-refractivity contribution < 1.29 is 33.4 Å². The Morgan fingerprint density at radius 1 is 1.00 bits per heavy atom. The number of hydrogen-bond acceptors (Lipinski definition) is 7. The molecular weight excluding hydrogens is 488 g/mol. The van der Waals surface area contributed by atoms with Crippen molar-refractivity contribution in [3.8, 4) is 0 Å². The van der Waals surface area contributed by atoms with E-state index in [0.717, 1.165) is 64.2 Å². The van der Waals surface area contributed by atoms with Crippen LogP contribution in [0, 0.1) is 11.8 Å². The van der Waals surface area contributed by atoms with Gasteiger partial charge in [0.1, 0.15) is 11.6 Å². The molecule has 1 aliphatic carbocycles. The molecule has 3 aliphatic rings. The highest BCUT2D eigenvalue weighted by molar-refractivity contribution is 5.95. The summed E-state index contributed by atoms with van der Waals surface area (Å²) in [6.45, 7) is 4.80. The van der Waals surface area contributed by atoms with Crippen molar-refractivity contribution >= 4 is 23.8 Å². The molecule has 1 N–H and O–H groups in total. The number of ether oxygens (including phenoxy) is 3. The Hall–Kier alpha value is -2.16. The summed E-state index contributed by atoms with van der Waals surface area (Å²) in [5.41, 5.74) is -1.01. The summed E-state index contributed by atoms with van der Waals surface area (Å²) in [4.78, 5) is 54.5. The molecule has 0 unspecified atom stereocenters. The molecule has 2 saturated heterocycles. The first kappa shape index (κ1) is 30.4. The monoisotopic (exact) mass is 536 g/mol. The third-order valence-corrected chi connectivity index (χ3v) is 8.40. The zero-order valence-electron chi connectivity index (χ0n) is 23.6. The number of rotatable bonds is 10. The van der Waals surface area contributed by atoms with Crippen LogP contribution in [0.15, 0.2) is 0 Å². The van der Waals surface area contributed by atoms with E-state index in [2.05, 4.69) is 12.2 Å². The predicted octanol–water partition coefficient (Wildman–Crippen LogP) is 3.91. The molecule has 38 heavy (non-hydrogen) atoms. The maximum Gasteiger partial charge on any atom is 0.332 e. The minimum absolute atomic E-state index is 0.0178. The normalized spacial score (nSPS) is 30.3. The molecule has 9 heteroatoms. The predicted molar refractivity (Wildman–Crippen MR) is 142 cm³/mol. The van der Waals surface area contributed by atoms with Crippen LogP contribution < -0.4 is 5.32 Å². The molecule has 1 saturated carbocycles. The number of esters is 2. The van der Waals surface area contributed by atoms with Crippen LogP contribution >= 0.6 is 0 Å². The summed E-state index contributed by atoms with van der Waals surface area (Å²) in [5.74, 6) is -1.79. The van der Waals surface area contributed by atoms with Crippen molar-refractivity contribution in [3.05, 3.63) is 0 Å². The van der Waals surface area contributed by atoms with Gasteiger partial charge in [-0.15, -0.1) is 0 Å². The summed E-state index contributed by atoms with van der Waals surface area (Å²) >= 11 is 0. The van der Waals surface area contributed by atoms with Gasteiger partial charge in [-0.05, 0) is 38.5 Å². The third kappa shape index (κ3) is 7.93. The molecule has 0 radical (unpaired) electrons. The van der Waals surface area contributed by atoms with Crippen LogP contribution in [-0.2, 0) is 33.4 Å². The lowest BCUT2D eigenvalue weighted by molar-refractivity contribution is -0.152. The molecule has 2 aliphatic heterocycles. The SMILES string of the molecule is CCCCCCOC(=O)C[C@H]1CCCCCCC[C@@H]2C[C@@]2(C(=O)OCC)NC(=O)[C@@H]2C[C@@H](OC)CN2C1=O. The largest absolute Gasteiger partial charge is 0.466 e. The molecule has 0 aromatic rings. The number of carbonyl (C=O) groups excluding carboxylic acids is 4. The maximum atomic E-state index is 13.8. The molecule has 0 aromatic carbocycles. The summed E-state index contributed by atoms with van der Waals surface area (Å²) in [7, 11) is 1.57. The van der Waals surface area contributed by atoms with Crippen LogP contribution in [0.4, 0.5) is 0 Å². The Morgan fingerprint density at radius 2 is 1.74 bits per heavy atom. The number of carbonyl (C=O) groups is 4. The average molecular weight is 537 g/mol. The van der Waals surface area contributed by atoms with Crippen LogP contribution in [0.1, 0.15) is 104 Å². The lowest BCUT2D eigenvalue weighted by atomic mass is 9.95. The van der Waals surface area contributed by atoms with Gasteiger partial charge >= 0.3 is 11.9 Å². The second-order valence-corrected chi connectivity index (χ2v) is 11.2. The van der Waals surface area contributed by atoms with Gasteiger partial charge in [-0.25, -0.2) is 4.79 Å². The van der Waals surface area contributed by atoms with E-state index in [0.29, 0.717) is 25.9 Å². The smallest absolute Gasteiger partial charge is 0.332 e. The lowest BCUT2D eigenvalue weighted by Gasteiger charge is -2.29. The van der Waals surface area contributed by atoms with E-state index in [1.165, 1.54) is 0 Å². The number of hydrogen-bond donors (Lipinski definition) is 1. The fraction of sp³-hybridized carbons (Fsp3) is 0.862. The molecule has 216 valence electrons. The summed E-state index contributed by atoms with van der Waals surface area (Å²) < 4.78 is 16.3. The number of unbranched alkanes of at least 4 members (excludes halogenated alkanes) is 3. The summed E-state index contributed by atoms with van der Waals surface area (Å²) in [6, 6.07) is -0.752. The molecule has 3 fully saturated rings. The molecule has 0 aromatic heterocycles. The van der Waals surface area contributed by atoms with Gasteiger partial charge in [0.15, 0.2) is 0 Å². The lowest BCUT2D eigenvalue weighted by Crippen LogP contribution is -2.54. The highest BCUT2D eigenvalue weighted by atomic mass is 16.5. The van der Waals surface area contributed by atoms with Gasteiger partial charge in [0.2, 0.25) is 11.8 Å². The quantitative estimate of drug-likeness (QED) is 0.333. The molecule has 3 rings (SSSR count). The van der Waals surface area contributed by atoms with Crippen molar-refractivity contribution in [1.29, 1.82) is 0 Å². The van der Waals surface area contributed by atoms with Gasteiger partial charge in [-0.2, -0.15) is 0 Å². The zero-order chi connectivity index (χ0) is 27.5. The van der Waals surface area contributed by atoms with E-state index in [9.17, 15) is 19.2 Å². The first-order valence-electron chi connectivity index (χ1n) is 14.8. The number of nitrogens with zero attached hydrogens (tertiary/aromatic N) is 1. The minimum Gasteiger partial charge on any atom is -0.466 e. The number of nitrogens with one attached hydrogen (secondary N) is 1. The minimum atomic E-state index is -1.01. The van der Waals surface area contributed by atoms with E-state index in [1.807, 2.05) is 0 Å². The van der Waals surface area contributed by atoms with Crippen molar-refractivity contribution in [3.63, 3.8) is 0 Å². The Labute approximate surface area is 227 Å². The molecule has 5 atom stereocenters. The Bertz CT molecular complexity index is 819. The molecular formula is C29H48N2O7. The molecule has 2 heterocycles. The summed E-state index contributed by atoms with van der Waals surface area (Å²) in [6.07, 6.45) is 11.0. The van der Waals surface area contributed by atoms with Crippen molar-refractivity contribution in [2.75, 3.05) is 26.9 Å². The fourth-order valence-electron chi connectivity index (χ4n) is 5.99. The molecule has 2 amide bonds. The average Bonchev–Trinajstić information content (AvgIpc) is 3.41. The highest BCUT2D eigenvalue weighted by Gasteiger charge is 2.62. The van der Waals surface area contributed by atoms with E-state index in [-0.39, 0.29) is 55.3 Å². The molecule has 0 bridgehead atoms. The number of methoxy groups -OCH3 is 1. The van der Waals surface area contributed by atoms with E-state index in [1.54, 1.807) is 18.9 Å². The highest BCUT2D eigenvalue weighted by Crippen LogP contribution is 2.48. The maximum absolute atomic E-state index is 13.8. The van der Waals surface area contributed by atoms with Crippen LogP contribution in [0.3, 0.4) is 0 Å². The first-order valence-corrected chi connectivity index (χ1v) is 14.8. The first-order chi connectivity index (χ1) is 18.4. The van der Waals surface area contributed by atoms with Crippen molar-refractivity contribution in [1.82, 2.24) is 10.2 Å². The summed E-state index contributed by atoms with van der Waals surface area (Å²) in [5, 5.41) is 3.00. The van der Waals surface area contributed by atoms with Gasteiger partial charge < -0.3 is 24.4 Å². The van der Waals surface area contributed by atoms with Gasteiger partial charge in [0.25, 0.3) is 0 Å². The van der Waals surface area contributed by atoms with Gasteiger partial charge in [0.05, 0.1) is 25.7 Å². The van der Waals surface area contributed by atoms with Gasteiger partial charge in [0, 0.05) is 26.0 Å². The fourth-order valence-corrected chi connectivity index (χ4v) is 5.99. The van der Waals surface area contributed by atoms with E-state index >= 15 is 0 Å². The van der Waals surface area contributed by atoms with Crippen LogP contribution in [0.2, 0.25) is 0 Å². The van der Waals surface area contributed by atoms with E-state index < -0.39 is 17.5 Å². The second kappa shape index (κ2) is 14.8. The standard InChI is InChI=1S/C29H48N2O7/c1-4-6-7-13-16-38-25(32)17-21-14-11-9-8-10-12-15-22-19-29(22,28(35)37-5-2)30-26(33)24-18-23(36-3)20-31(24)27(21)34/h21-24H,4-20H2,1-3H3,(H,30,33)/t21-,22-,23-,24+,29-/m1/s1. The van der Waals surface area contributed by atoms with Crippen molar-refractivity contribution in [2.24, 2.45) is 11.8 Å². The van der Waals surface area contributed by atoms with Crippen molar-refractivity contribution in [2.45, 2.75) is 121 Å². The Kier molecular flexibility index (Phi) is 11.9. The Balaban J connectivity index is 1.75. The second-order valence-electron chi connectivity index (χ2n) is 11.2. The molecule has 9 nitrogen and oxygen atoms in total. The van der Waals surface area contributed by atoms with Crippen LogP contribution in [0.5, 0.6) is 0 Å². The molecule has 0 spiro atoms. The number of fused-ring (bicyclic) bond motifs is 2. The van der Waals surface area contributed by atoms with Crippen LogP contribution in [-0.4, -0.2) is 73.2 Å². The third-order valence-electron chi connectivity index (χ3n) is 8.40. The van der Waals surface area contributed by atoms with E-state index in [4.69, 9.17) is 14.2 Å². The Morgan fingerprint density at radius 3 is 2.45 bits per heavy atom. The van der Waals surface area contributed by atoms with Crippen LogP contribution in [0.25, 0.3) is 0 Å². The zero-order valence-corrected chi connectivity index (χ0v) is 23.6. The number of amides is 2.